The molecule has 98 valence electrons. The molecule has 0 nitrogen and oxygen atoms in total. The molecule has 0 saturated heterocycles. The fourth-order valence-corrected chi connectivity index (χ4v) is 4.03. The van der Waals surface area contributed by atoms with Gasteiger partial charge in [0.15, 0.2) is 0 Å². The Morgan fingerprint density at radius 2 is 1.53 bits per heavy atom. The Morgan fingerprint density at radius 3 is 2.26 bits per heavy atom. The van der Waals surface area contributed by atoms with Gasteiger partial charge in [-0.25, -0.2) is 0 Å². The minimum atomic E-state index is 0.763. The van der Waals surface area contributed by atoms with Gasteiger partial charge in [-0.2, -0.15) is 0 Å². The molecule has 0 N–H and O–H groups in total. The van der Waals surface area contributed by atoms with Crippen LogP contribution in [-0.4, -0.2) is 0 Å². The summed E-state index contributed by atoms with van der Waals surface area (Å²) in [7, 11) is 0. The molecule has 1 saturated carbocycles. The van der Waals surface area contributed by atoms with Crippen molar-refractivity contribution in [2.75, 3.05) is 0 Å². The van der Waals surface area contributed by atoms with Crippen LogP contribution in [0.2, 0.25) is 0 Å². The molecule has 0 radical (unpaired) electrons. The Morgan fingerprint density at radius 1 is 0.789 bits per heavy atom. The number of halogens is 1. The average molecular weight is 362 g/mol. The van der Waals surface area contributed by atoms with Crippen LogP contribution in [0.5, 0.6) is 0 Å². The van der Waals surface area contributed by atoms with Crippen LogP contribution in [0.4, 0.5) is 0 Å². The minimum absolute atomic E-state index is 0.763. The van der Waals surface area contributed by atoms with E-state index in [1.54, 1.807) is 5.56 Å². The summed E-state index contributed by atoms with van der Waals surface area (Å²) in [5.74, 6) is 0.763. The van der Waals surface area contributed by atoms with Crippen LogP contribution >= 0.6 is 22.6 Å². The zero-order valence-electron chi connectivity index (χ0n) is 11.1. The zero-order chi connectivity index (χ0) is 13.1. The highest BCUT2D eigenvalue weighted by Gasteiger charge is 2.20. The van der Waals surface area contributed by atoms with Gasteiger partial charge in [0.25, 0.3) is 0 Å². The van der Waals surface area contributed by atoms with Gasteiger partial charge in [0.2, 0.25) is 0 Å². The highest BCUT2D eigenvalue weighted by atomic mass is 127. The van der Waals surface area contributed by atoms with Gasteiger partial charge >= 0.3 is 0 Å². The van der Waals surface area contributed by atoms with Crippen molar-refractivity contribution in [3.8, 4) is 11.1 Å². The summed E-state index contributed by atoms with van der Waals surface area (Å²) in [5.41, 5.74) is 4.40. The van der Waals surface area contributed by atoms with Crippen LogP contribution in [0, 0.1) is 3.57 Å². The molecule has 0 amide bonds. The number of rotatable bonds is 2. The number of benzene rings is 2. The fourth-order valence-electron chi connectivity index (χ4n) is 3.20. The molecule has 3 rings (SSSR count). The third kappa shape index (κ3) is 2.86. The van der Waals surface area contributed by atoms with E-state index >= 15 is 0 Å². The van der Waals surface area contributed by atoms with Crippen LogP contribution in [0.25, 0.3) is 11.1 Å². The quantitative estimate of drug-likeness (QED) is 0.575. The Hall–Kier alpha value is -0.830. The molecule has 1 aliphatic rings. The normalized spacial score (nSPS) is 16.5. The number of hydrogen-bond acceptors (Lipinski definition) is 0. The topological polar surface area (TPSA) is 0 Å². The summed E-state index contributed by atoms with van der Waals surface area (Å²) in [5, 5.41) is 0. The SMILES string of the molecule is Ic1cccc(C2CCCCC2)c1-c1ccccc1. The average Bonchev–Trinajstić information content (AvgIpc) is 2.49. The minimum Gasteiger partial charge on any atom is -0.0622 e. The summed E-state index contributed by atoms with van der Waals surface area (Å²) < 4.78 is 1.38. The van der Waals surface area contributed by atoms with Crippen molar-refractivity contribution in [1.29, 1.82) is 0 Å². The second kappa shape index (κ2) is 6.08. The van der Waals surface area contributed by atoms with E-state index in [0.29, 0.717) is 0 Å². The van der Waals surface area contributed by atoms with E-state index in [4.69, 9.17) is 0 Å². The molecule has 0 aromatic heterocycles. The molecular weight excluding hydrogens is 343 g/mol. The van der Waals surface area contributed by atoms with Gasteiger partial charge in [0.05, 0.1) is 0 Å². The molecule has 0 spiro atoms. The molecule has 1 aliphatic carbocycles. The predicted molar refractivity (Wildman–Crippen MR) is 90.4 cm³/mol. The highest BCUT2D eigenvalue weighted by molar-refractivity contribution is 14.1. The monoisotopic (exact) mass is 362 g/mol. The van der Waals surface area contributed by atoms with Crippen molar-refractivity contribution in [3.63, 3.8) is 0 Å². The predicted octanol–water partition coefficient (Wildman–Crippen LogP) is 6.01. The first kappa shape index (κ1) is 13.2. The van der Waals surface area contributed by atoms with Crippen molar-refractivity contribution < 1.29 is 0 Å². The van der Waals surface area contributed by atoms with Crippen LogP contribution in [-0.2, 0) is 0 Å². The zero-order valence-corrected chi connectivity index (χ0v) is 13.3. The van der Waals surface area contributed by atoms with Crippen LogP contribution < -0.4 is 0 Å². The fraction of sp³-hybridized carbons (Fsp3) is 0.333. The van der Waals surface area contributed by atoms with E-state index in [0.717, 1.165) is 5.92 Å². The maximum absolute atomic E-state index is 2.49. The van der Waals surface area contributed by atoms with Gasteiger partial charge in [-0.15, -0.1) is 0 Å². The first-order valence-corrected chi connectivity index (χ1v) is 8.28. The molecule has 0 atom stereocenters. The van der Waals surface area contributed by atoms with E-state index < -0.39 is 0 Å². The van der Waals surface area contributed by atoms with Crippen LogP contribution in [0.1, 0.15) is 43.6 Å². The molecule has 2 aromatic rings. The van der Waals surface area contributed by atoms with Crippen molar-refractivity contribution in [2.45, 2.75) is 38.0 Å². The van der Waals surface area contributed by atoms with E-state index in [1.807, 2.05) is 0 Å². The van der Waals surface area contributed by atoms with Crippen molar-refractivity contribution in [1.82, 2.24) is 0 Å². The third-order valence-electron chi connectivity index (χ3n) is 4.15. The lowest BCUT2D eigenvalue weighted by molar-refractivity contribution is 0.444. The Balaban J connectivity index is 2.07. The van der Waals surface area contributed by atoms with Gasteiger partial charge in [-0.1, -0.05) is 61.7 Å². The summed E-state index contributed by atoms with van der Waals surface area (Å²) in [6.07, 6.45) is 6.93. The smallest absolute Gasteiger partial charge is 0.0211 e. The first-order valence-electron chi connectivity index (χ1n) is 7.20. The summed E-state index contributed by atoms with van der Waals surface area (Å²) in [6, 6.07) is 17.7. The van der Waals surface area contributed by atoms with Gasteiger partial charge in [0.1, 0.15) is 0 Å². The molecule has 19 heavy (non-hydrogen) atoms. The molecule has 0 bridgehead atoms. The summed E-state index contributed by atoms with van der Waals surface area (Å²) in [4.78, 5) is 0. The van der Waals surface area contributed by atoms with Gasteiger partial charge in [0, 0.05) is 3.57 Å². The van der Waals surface area contributed by atoms with Gasteiger partial charge in [-0.05, 0) is 64.1 Å². The largest absolute Gasteiger partial charge is 0.0622 e. The lowest BCUT2D eigenvalue weighted by atomic mass is 9.81. The van der Waals surface area contributed by atoms with Crippen molar-refractivity contribution >= 4 is 22.6 Å². The molecule has 2 aromatic carbocycles. The Bertz CT molecular complexity index is 539. The Kier molecular flexibility index (Phi) is 4.21. The van der Waals surface area contributed by atoms with E-state index in [1.165, 1.54) is 46.8 Å². The Labute approximate surface area is 129 Å². The molecule has 1 heteroatoms. The molecule has 0 aliphatic heterocycles. The van der Waals surface area contributed by atoms with Gasteiger partial charge < -0.3 is 0 Å². The van der Waals surface area contributed by atoms with Crippen LogP contribution in [0.3, 0.4) is 0 Å². The maximum atomic E-state index is 2.49. The molecule has 1 fully saturated rings. The van der Waals surface area contributed by atoms with Crippen molar-refractivity contribution in [3.05, 3.63) is 57.7 Å². The molecule has 0 unspecified atom stereocenters. The van der Waals surface area contributed by atoms with E-state index in [-0.39, 0.29) is 0 Å². The van der Waals surface area contributed by atoms with E-state index in [2.05, 4.69) is 71.1 Å². The number of hydrogen-bond donors (Lipinski definition) is 0. The second-order valence-corrected chi connectivity index (χ2v) is 6.57. The van der Waals surface area contributed by atoms with Crippen molar-refractivity contribution in [2.24, 2.45) is 0 Å². The van der Waals surface area contributed by atoms with Gasteiger partial charge in [-0.3, -0.25) is 0 Å². The lowest BCUT2D eigenvalue weighted by Gasteiger charge is -2.25. The highest BCUT2D eigenvalue weighted by Crippen LogP contribution is 2.39. The summed E-state index contributed by atoms with van der Waals surface area (Å²) >= 11 is 2.49. The first-order chi connectivity index (χ1) is 9.36. The standard InChI is InChI=1S/C18H19I/c19-17-13-7-12-16(14-8-3-1-4-9-14)18(17)15-10-5-2-6-11-15/h2,5-7,10-14H,1,3-4,8-9H2. The van der Waals surface area contributed by atoms with Crippen LogP contribution in [0.15, 0.2) is 48.5 Å². The summed E-state index contributed by atoms with van der Waals surface area (Å²) in [6.45, 7) is 0. The lowest BCUT2D eigenvalue weighted by Crippen LogP contribution is -2.06. The molecular formula is C18H19I. The third-order valence-corrected chi connectivity index (χ3v) is 5.05. The molecule has 0 heterocycles. The van der Waals surface area contributed by atoms with E-state index in [9.17, 15) is 0 Å². The maximum Gasteiger partial charge on any atom is 0.0211 e. The second-order valence-electron chi connectivity index (χ2n) is 5.41.